The van der Waals surface area contributed by atoms with Gasteiger partial charge in [0.15, 0.2) is 5.16 Å². The molecule has 0 aliphatic heterocycles. The van der Waals surface area contributed by atoms with E-state index in [1.165, 1.54) is 24.0 Å². The topological polar surface area (TPSA) is 71.8 Å². The molecule has 1 aromatic heterocycles. The van der Waals surface area contributed by atoms with Crippen LogP contribution in [0.15, 0.2) is 45.3 Å². The highest BCUT2D eigenvalue weighted by Crippen LogP contribution is 2.29. The van der Waals surface area contributed by atoms with Crippen molar-refractivity contribution in [1.82, 2.24) is 9.97 Å². The molecule has 0 saturated carbocycles. The molecule has 5 heteroatoms. The Hall–Kier alpha value is -1.75. The molecule has 0 bridgehead atoms. The maximum Gasteiger partial charge on any atom is 0.251 e. The molecular weight excluding hydrogens is 222 g/mol. The van der Waals surface area contributed by atoms with Crippen molar-refractivity contribution in [2.24, 2.45) is 0 Å². The number of nitrogen functional groups attached to an aromatic ring is 1. The monoisotopic (exact) mass is 233 g/mol. The van der Waals surface area contributed by atoms with E-state index in [0.29, 0.717) is 5.16 Å². The van der Waals surface area contributed by atoms with Crippen LogP contribution in [-0.4, -0.2) is 9.97 Å². The quantitative estimate of drug-likeness (QED) is 0.613. The lowest BCUT2D eigenvalue weighted by Gasteiger charge is -2.06. The lowest BCUT2D eigenvalue weighted by atomic mass is 10.2. The molecule has 0 aliphatic rings. The van der Waals surface area contributed by atoms with Gasteiger partial charge >= 0.3 is 0 Å². The number of rotatable bonds is 2. The van der Waals surface area contributed by atoms with E-state index in [1.54, 1.807) is 0 Å². The summed E-state index contributed by atoms with van der Waals surface area (Å²) in [5, 5.41) is 0.571. The van der Waals surface area contributed by atoms with Crippen LogP contribution >= 0.6 is 11.8 Å². The average Bonchev–Trinajstić information content (AvgIpc) is 2.25. The van der Waals surface area contributed by atoms with Crippen LogP contribution in [-0.2, 0) is 0 Å². The summed E-state index contributed by atoms with van der Waals surface area (Å²) in [6, 6.07) is 7.06. The molecule has 0 atom stereocenters. The summed E-state index contributed by atoms with van der Waals surface area (Å²) in [4.78, 5) is 18.8. The maximum atomic E-state index is 11.1. The van der Waals surface area contributed by atoms with Crippen LogP contribution in [0.5, 0.6) is 0 Å². The van der Waals surface area contributed by atoms with Crippen LogP contribution in [0.4, 0.5) is 5.69 Å². The third kappa shape index (κ3) is 2.25. The molecule has 2 rings (SSSR count). The number of H-pyrrole nitrogens is 1. The zero-order valence-corrected chi connectivity index (χ0v) is 9.54. The Balaban J connectivity index is 2.34. The molecule has 0 unspecified atom stereocenters. The molecule has 82 valence electrons. The third-order valence-corrected chi connectivity index (χ3v) is 3.24. The molecule has 16 heavy (non-hydrogen) atoms. The number of aromatic nitrogens is 2. The van der Waals surface area contributed by atoms with Crippen molar-refractivity contribution in [3.8, 4) is 0 Å². The Morgan fingerprint density at radius 1 is 1.38 bits per heavy atom. The predicted molar refractivity (Wildman–Crippen MR) is 64.6 cm³/mol. The van der Waals surface area contributed by atoms with Gasteiger partial charge < -0.3 is 10.7 Å². The van der Waals surface area contributed by atoms with E-state index in [4.69, 9.17) is 5.73 Å². The van der Waals surface area contributed by atoms with Crippen molar-refractivity contribution in [3.63, 3.8) is 0 Å². The van der Waals surface area contributed by atoms with Gasteiger partial charge in [-0.05, 0) is 24.6 Å². The van der Waals surface area contributed by atoms with Gasteiger partial charge in [0.2, 0.25) is 0 Å². The molecule has 1 heterocycles. The molecule has 0 aliphatic carbocycles. The van der Waals surface area contributed by atoms with Gasteiger partial charge in [-0.25, -0.2) is 4.98 Å². The summed E-state index contributed by atoms with van der Waals surface area (Å²) in [6.45, 7) is 1.94. The minimum atomic E-state index is -0.154. The Bertz CT molecular complexity index is 565. The number of anilines is 1. The normalized spacial score (nSPS) is 10.3. The first-order valence-electron chi connectivity index (χ1n) is 4.75. The molecule has 0 spiro atoms. The summed E-state index contributed by atoms with van der Waals surface area (Å²) in [5.74, 6) is 0. The van der Waals surface area contributed by atoms with Crippen molar-refractivity contribution < 1.29 is 0 Å². The van der Waals surface area contributed by atoms with Crippen LogP contribution in [0, 0.1) is 6.92 Å². The number of nitrogens with zero attached hydrogens (tertiary/aromatic N) is 1. The van der Waals surface area contributed by atoms with Crippen molar-refractivity contribution in [3.05, 3.63) is 46.4 Å². The summed E-state index contributed by atoms with van der Waals surface area (Å²) in [7, 11) is 0. The van der Waals surface area contributed by atoms with Crippen molar-refractivity contribution in [1.29, 1.82) is 0 Å². The molecule has 3 N–H and O–H groups in total. The van der Waals surface area contributed by atoms with Gasteiger partial charge in [0, 0.05) is 22.8 Å². The van der Waals surface area contributed by atoms with E-state index in [9.17, 15) is 4.79 Å². The number of benzene rings is 1. The second kappa shape index (κ2) is 4.40. The van der Waals surface area contributed by atoms with Gasteiger partial charge in [0.1, 0.15) is 0 Å². The van der Waals surface area contributed by atoms with Gasteiger partial charge in [-0.2, -0.15) is 0 Å². The minimum absolute atomic E-state index is 0.154. The van der Waals surface area contributed by atoms with Gasteiger partial charge in [-0.1, -0.05) is 17.8 Å². The zero-order chi connectivity index (χ0) is 11.5. The first-order valence-corrected chi connectivity index (χ1v) is 5.57. The molecule has 0 saturated heterocycles. The Morgan fingerprint density at radius 3 is 2.94 bits per heavy atom. The molecule has 2 aromatic rings. The average molecular weight is 233 g/mol. The fourth-order valence-electron chi connectivity index (χ4n) is 1.25. The van der Waals surface area contributed by atoms with Gasteiger partial charge in [0.05, 0.1) is 0 Å². The van der Waals surface area contributed by atoms with E-state index in [2.05, 4.69) is 9.97 Å². The molecule has 4 nitrogen and oxygen atoms in total. The van der Waals surface area contributed by atoms with Gasteiger partial charge in [-0.15, -0.1) is 0 Å². The summed E-state index contributed by atoms with van der Waals surface area (Å²) in [5.41, 5.74) is 7.38. The first kappa shape index (κ1) is 10.8. The third-order valence-electron chi connectivity index (χ3n) is 2.18. The van der Waals surface area contributed by atoms with Crippen LogP contribution < -0.4 is 11.3 Å². The van der Waals surface area contributed by atoms with Crippen molar-refractivity contribution in [2.75, 3.05) is 5.73 Å². The number of hydrogen-bond acceptors (Lipinski definition) is 4. The lowest BCUT2D eigenvalue weighted by molar-refractivity contribution is 0.936. The lowest BCUT2D eigenvalue weighted by Crippen LogP contribution is -2.05. The summed E-state index contributed by atoms with van der Waals surface area (Å²) < 4.78 is 0. The highest BCUT2D eigenvalue weighted by molar-refractivity contribution is 7.99. The van der Waals surface area contributed by atoms with Crippen LogP contribution in [0.2, 0.25) is 0 Å². The largest absolute Gasteiger partial charge is 0.398 e. The fourth-order valence-corrected chi connectivity index (χ4v) is 2.14. The van der Waals surface area contributed by atoms with Crippen molar-refractivity contribution in [2.45, 2.75) is 17.0 Å². The van der Waals surface area contributed by atoms with E-state index >= 15 is 0 Å². The van der Waals surface area contributed by atoms with Gasteiger partial charge in [0.25, 0.3) is 5.56 Å². The molecular formula is C11H11N3OS. The number of aromatic amines is 1. The molecule has 0 amide bonds. The van der Waals surface area contributed by atoms with Crippen LogP contribution in [0.3, 0.4) is 0 Å². The van der Waals surface area contributed by atoms with Crippen molar-refractivity contribution >= 4 is 17.4 Å². The Labute approximate surface area is 96.9 Å². The van der Waals surface area contributed by atoms with E-state index < -0.39 is 0 Å². The highest BCUT2D eigenvalue weighted by Gasteiger charge is 2.04. The molecule has 0 radical (unpaired) electrons. The van der Waals surface area contributed by atoms with E-state index in [1.807, 2.05) is 25.1 Å². The second-order valence-electron chi connectivity index (χ2n) is 3.31. The second-order valence-corrected chi connectivity index (χ2v) is 4.34. The predicted octanol–water partition coefficient (Wildman–Crippen LogP) is 1.81. The maximum absolute atomic E-state index is 11.1. The van der Waals surface area contributed by atoms with Crippen LogP contribution in [0.1, 0.15) is 5.56 Å². The van der Waals surface area contributed by atoms with E-state index in [-0.39, 0.29) is 5.56 Å². The number of nitrogens with two attached hydrogens (primary N) is 1. The number of hydrogen-bond donors (Lipinski definition) is 2. The number of nitrogens with one attached hydrogen (secondary N) is 1. The Kier molecular flexibility index (Phi) is 2.96. The van der Waals surface area contributed by atoms with Crippen LogP contribution in [0.25, 0.3) is 0 Å². The first-order chi connectivity index (χ1) is 7.66. The summed E-state index contributed by atoms with van der Waals surface area (Å²) >= 11 is 1.40. The smallest absolute Gasteiger partial charge is 0.251 e. The van der Waals surface area contributed by atoms with Gasteiger partial charge in [-0.3, -0.25) is 4.79 Å². The Morgan fingerprint density at radius 2 is 2.19 bits per heavy atom. The summed E-state index contributed by atoms with van der Waals surface area (Å²) in [6.07, 6.45) is 1.49. The fraction of sp³-hybridized carbons (Fsp3) is 0.0909. The highest BCUT2D eigenvalue weighted by atomic mass is 32.2. The zero-order valence-electron chi connectivity index (χ0n) is 8.73. The molecule has 1 aromatic carbocycles. The standard InChI is InChI=1S/C11H11N3OS/c1-7-8(12)3-2-4-9(7)16-11-13-6-5-10(15)14-11/h2-6H,12H2,1H3,(H,13,14,15). The minimum Gasteiger partial charge on any atom is -0.398 e. The molecule has 0 fully saturated rings. The van der Waals surface area contributed by atoms with E-state index in [0.717, 1.165) is 16.1 Å². The SMILES string of the molecule is Cc1c(N)cccc1Sc1nccc(=O)[nH]1.